The highest BCUT2D eigenvalue weighted by Gasteiger charge is 2.06. The van der Waals surface area contributed by atoms with E-state index < -0.39 is 0 Å². The molecule has 0 amide bonds. The third-order valence-corrected chi connectivity index (χ3v) is 2.82. The van der Waals surface area contributed by atoms with E-state index in [0.717, 1.165) is 64.2 Å². The second-order valence-corrected chi connectivity index (χ2v) is 4.20. The van der Waals surface area contributed by atoms with Crippen LogP contribution in [-0.4, -0.2) is 11.6 Å². The van der Waals surface area contributed by atoms with Crippen molar-refractivity contribution in [3.63, 3.8) is 0 Å². The van der Waals surface area contributed by atoms with Gasteiger partial charge in [-0.25, -0.2) is 0 Å². The van der Waals surface area contributed by atoms with Gasteiger partial charge in [0, 0.05) is 25.7 Å². The van der Waals surface area contributed by atoms with Crippen LogP contribution < -0.4 is 0 Å². The molecule has 0 N–H and O–H groups in total. The van der Waals surface area contributed by atoms with Gasteiger partial charge < -0.3 is 0 Å². The van der Waals surface area contributed by atoms with Crippen molar-refractivity contribution < 1.29 is 9.59 Å². The quantitative estimate of drug-likeness (QED) is 0.596. The summed E-state index contributed by atoms with van der Waals surface area (Å²) in [7, 11) is 0. The zero-order chi connectivity index (χ0) is 10.2. The van der Waals surface area contributed by atoms with Crippen LogP contribution in [-0.2, 0) is 9.59 Å². The molecule has 1 rings (SSSR count). The van der Waals surface area contributed by atoms with Crippen LogP contribution >= 0.6 is 0 Å². The van der Waals surface area contributed by atoms with Crippen molar-refractivity contribution in [3.05, 3.63) is 0 Å². The number of Topliss-reactive ketones (excluding diaryl/α,β-unsaturated/α-hetero) is 2. The van der Waals surface area contributed by atoms with Gasteiger partial charge >= 0.3 is 0 Å². The van der Waals surface area contributed by atoms with Crippen LogP contribution in [0.2, 0.25) is 0 Å². The van der Waals surface area contributed by atoms with Gasteiger partial charge in [0.25, 0.3) is 0 Å². The van der Waals surface area contributed by atoms with Crippen molar-refractivity contribution in [2.45, 2.75) is 64.2 Å². The molecule has 0 unspecified atom stereocenters. The molecule has 0 spiro atoms. The Bertz CT molecular complexity index is 158. The van der Waals surface area contributed by atoms with Gasteiger partial charge in [0.2, 0.25) is 0 Å². The number of hydrogen-bond donors (Lipinski definition) is 0. The van der Waals surface area contributed by atoms with E-state index in [1.807, 2.05) is 0 Å². The molecule has 0 aromatic rings. The molecule has 0 aliphatic heterocycles. The van der Waals surface area contributed by atoms with E-state index in [9.17, 15) is 9.59 Å². The maximum absolute atomic E-state index is 11.3. The third kappa shape index (κ3) is 5.15. The lowest BCUT2D eigenvalue weighted by Gasteiger charge is -2.05. The van der Waals surface area contributed by atoms with Crippen molar-refractivity contribution in [2.24, 2.45) is 0 Å². The van der Waals surface area contributed by atoms with E-state index >= 15 is 0 Å². The van der Waals surface area contributed by atoms with E-state index in [4.69, 9.17) is 0 Å². The van der Waals surface area contributed by atoms with Gasteiger partial charge in [-0.1, -0.05) is 12.8 Å². The monoisotopic (exact) mass is 196 g/mol. The van der Waals surface area contributed by atoms with Gasteiger partial charge in [0.1, 0.15) is 11.6 Å². The molecule has 0 atom stereocenters. The molecule has 80 valence electrons. The van der Waals surface area contributed by atoms with Crippen molar-refractivity contribution in [2.75, 3.05) is 0 Å². The first-order chi connectivity index (χ1) is 6.79. The topological polar surface area (TPSA) is 34.1 Å². The molecule has 1 aliphatic carbocycles. The van der Waals surface area contributed by atoms with Crippen LogP contribution in [0.4, 0.5) is 0 Å². The summed E-state index contributed by atoms with van der Waals surface area (Å²) in [6, 6.07) is 0. The number of rotatable bonds is 0. The fourth-order valence-electron chi connectivity index (χ4n) is 1.89. The molecule has 0 radical (unpaired) electrons. The summed E-state index contributed by atoms with van der Waals surface area (Å²) in [6.45, 7) is 0. The summed E-state index contributed by atoms with van der Waals surface area (Å²) >= 11 is 0. The third-order valence-electron chi connectivity index (χ3n) is 2.82. The van der Waals surface area contributed by atoms with Crippen LogP contribution in [0, 0.1) is 0 Å². The molecule has 0 heterocycles. The maximum atomic E-state index is 11.3. The van der Waals surface area contributed by atoms with Gasteiger partial charge in [-0.2, -0.15) is 0 Å². The highest BCUT2D eigenvalue weighted by molar-refractivity contribution is 5.79. The normalized spacial score (nSPS) is 22.6. The van der Waals surface area contributed by atoms with Gasteiger partial charge in [0.05, 0.1) is 0 Å². The van der Waals surface area contributed by atoms with Gasteiger partial charge in [-0.15, -0.1) is 0 Å². The van der Waals surface area contributed by atoms with Crippen molar-refractivity contribution in [1.29, 1.82) is 0 Å². The lowest BCUT2D eigenvalue weighted by Crippen LogP contribution is -2.02. The first-order valence-electron chi connectivity index (χ1n) is 5.82. The molecule has 1 fully saturated rings. The number of ketones is 2. The molecule has 14 heavy (non-hydrogen) atoms. The van der Waals surface area contributed by atoms with E-state index in [2.05, 4.69) is 0 Å². The summed E-state index contributed by atoms with van der Waals surface area (Å²) < 4.78 is 0. The maximum Gasteiger partial charge on any atom is 0.132 e. The van der Waals surface area contributed by atoms with E-state index in [0.29, 0.717) is 11.6 Å². The minimum atomic E-state index is 0.414. The minimum absolute atomic E-state index is 0.414. The van der Waals surface area contributed by atoms with Crippen molar-refractivity contribution >= 4 is 11.6 Å². The Kier molecular flexibility index (Phi) is 5.50. The average Bonchev–Trinajstić information content (AvgIpc) is 2.14. The predicted octanol–water partition coefficient (Wildman–Crippen LogP) is 3.04. The first kappa shape index (κ1) is 11.4. The molecule has 1 saturated carbocycles. The Morgan fingerprint density at radius 1 is 0.500 bits per heavy atom. The summed E-state index contributed by atoms with van der Waals surface area (Å²) in [5.41, 5.74) is 0. The summed E-state index contributed by atoms with van der Waals surface area (Å²) in [5, 5.41) is 0. The summed E-state index contributed by atoms with van der Waals surface area (Å²) in [5.74, 6) is 0.828. The lowest BCUT2D eigenvalue weighted by molar-refractivity contribution is -0.119. The minimum Gasteiger partial charge on any atom is -0.300 e. The molecule has 0 aromatic carbocycles. The Morgan fingerprint density at radius 3 is 1.07 bits per heavy atom. The van der Waals surface area contributed by atoms with Crippen molar-refractivity contribution in [1.82, 2.24) is 0 Å². The molecular weight excluding hydrogens is 176 g/mol. The van der Waals surface area contributed by atoms with E-state index in [-0.39, 0.29) is 0 Å². The molecule has 2 heteroatoms. The smallest absolute Gasteiger partial charge is 0.132 e. The number of carbonyl (C=O) groups is 2. The zero-order valence-electron chi connectivity index (χ0n) is 8.89. The zero-order valence-corrected chi connectivity index (χ0v) is 8.89. The number of hydrogen-bond acceptors (Lipinski definition) is 2. The van der Waals surface area contributed by atoms with Gasteiger partial charge in [0.15, 0.2) is 0 Å². The van der Waals surface area contributed by atoms with E-state index in [1.165, 1.54) is 0 Å². The first-order valence-corrected chi connectivity index (χ1v) is 5.82. The lowest BCUT2D eigenvalue weighted by atomic mass is 10.00. The SMILES string of the molecule is O=C1CCCCCC(=O)CCCCC1. The van der Waals surface area contributed by atoms with Crippen LogP contribution in [0.3, 0.4) is 0 Å². The predicted molar refractivity (Wildman–Crippen MR) is 56.2 cm³/mol. The molecule has 0 saturated heterocycles. The van der Waals surface area contributed by atoms with Crippen LogP contribution in [0.15, 0.2) is 0 Å². The van der Waals surface area contributed by atoms with Gasteiger partial charge in [-0.3, -0.25) is 9.59 Å². The highest BCUT2D eigenvalue weighted by atomic mass is 16.1. The van der Waals surface area contributed by atoms with Crippen LogP contribution in [0.1, 0.15) is 64.2 Å². The molecule has 1 aliphatic rings. The molecule has 0 aromatic heterocycles. The summed E-state index contributed by atoms with van der Waals surface area (Å²) in [6.07, 6.45) is 8.91. The van der Waals surface area contributed by atoms with Gasteiger partial charge in [-0.05, 0) is 25.7 Å². The molecule has 2 nitrogen and oxygen atoms in total. The average molecular weight is 196 g/mol. The Morgan fingerprint density at radius 2 is 0.786 bits per heavy atom. The Labute approximate surface area is 86.1 Å². The Hall–Kier alpha value is -0.660. The van der Waals surface area contributed by atoms with Crippen molar-refractivity contribution in [3.8, 4) is 0 Å². The van der Waals surface area contributed by atoms with E-state index in [1.54, 1.807) is 0 Å². The second kappa shape index (κ2) is 6.74. The Balaban J connectivity index is 2.26. The second-order valence-electron chi connectivity index (χ2n) is 4.20. The molecule has 0 bridgehead atoms. The standard InChI is InChI=1S/C12H20O2/c13-11-7-3-1-4-8-12(14)10-6-2-5-9-11/h1-10H2. The van der Waals surface area contributed by atoms with Crippen LogP contribution in [0.25, 0.3) is 0 Å². The molecular formula is C12H20O2. The highest BCUT2D eigenvalue weighted by Crippen LogP contribution is 2.12. The number of carbonyl (C=O) groups excluding carboxylic acids is 2. The fourth-order valence-corrected chi connectivity index (χ4v) is 1.89. The summed E-state index contributed by atoms with van der Waals surface area (Å²) in [4.78, 5) is 22.6. The van der Waals surface area contributed by atoms with Crippen LogP contribution in [0.5, 0.6) is 0 Å². The fraction of sp³-hybridized carbons (Fsp3) is 0.833. The largest absolute Gasteiger partial charge is 0.300 e.